The quantitative estimate of drug-likeness (QED) is 0.153. The van der Waals surface area contributed by atoms with E-state index in [1.807, 2.05) is 98.8 Å². The van der Waals surface area contributed by atoms with E-state index in [1.54, 1.807) is 12.0 Å². The lowest BCUT2D eigenvalue weighted by Crippen LogP contribution is -2.61. The lowest BCUT2D eigenvalue weighted by atomic mass is 9.81. The number of benzene rings is 3. The van der Waals surface area contributed by atoms with E-state index in [4.69, 9.17) is 9.47 Å². The zero-order chi connectivity index (χ0) is 35.2. The molecule has 49 heavy (non-hydrogen) atoms. The van der Waals surface area contributed by atoms with E-state index in [9.17, 15) is 19.5 Å². The molecule has 1 saturated heterocycles. The Morgan fingerprint density at radius 1 is 0.959 bits per heavy atom. The third kappa shape index (κ3) is 10.1. The molecule has 10 nitrogen and oxygen atoms in total. The maximum absolute atomic E-state index is 14.4. The number of nitrogens with zero attached hydrogens (tertiary/aromatic N) is 1. The standard InChI is InChI=1S/C39H52N4O6/c1-5-28(2)39(42-36(45)27-48-3)21-22-43(38(39)47)34(20-19-29-13-8-6-9-14-29)37(46)41-33(24-30-15-10-7-11-16-30)35(44)26-40-25-31-17-12-18-32(23-31)49-4/h6-18,23,28,33-35,40,44H,5,19-22,24-27H2,1-4H3,(H,41,46)(H,42,45)/t28-,33-,34-,35?,39-/m0/s1. The maximum Gasteiger partial charge on any atom is 0.249 e. The fraction of sp³-hybridized carbons (Fsp3) is 0.462. The Morgan fingerprint density at radius 3 is 2.29 bits per heavy atom. The van der Waals surface area contributed by atoms with Crippen molar-refractivity contribution < 1.29 is 29.0 Å². The number of carbonyl (C=O) groups is 3. The number of hydrogen-bond acceptors (Lipinski definition) is 7. The van der Waals surface area contributed by atoms with Crippen LogP contribution in [0.15, 0.2) is 84.9 Å². The highest BCUT2D eigenvalue weighted by Crippen LogP contribution is 2.34. The van der Waals surface area contributed by atoms with Gasteiger partial charge in [-0.15, -0.1) is 0 Å². The number of carbonyl (C=O) groups excluding carboxylic acids is 3. The summed E-state index contributed by atoms with van der Waals surface area (Å²) in [6.45, 7) is 4.84. The number of rotatable bonds is 19. The van der Waals surface area contributed by atoms with Gasteiger partial charge in [-0.1, -0.05) is 93.1 Å². The molecule has 10 heteroatoms. The van der Waals surface area contributed by atoms with Gasteiger partial charge in [0, 0.05) is 26.7 Å². The maximum atomic E-state index is 14.4. The van der Waals surface area contributed by atoms with Crippen molar-refractivity contribution in [2.75, 3.05) is 33.9 Å². The number of likely N-dealkylation sites (tertiary alicyclic amines) is 1. The SMILES string of the molecule is CC[C@H](C)[C@@]1(NC(=O)COC)CCN([C@@H](CCc2ccccc2)C(=O)N[C@@H](Cc2ccccc2)C(O)CNCc2cccc(OC)c2)C1=O. The van der Waals surface area contributed by atoms with Gasteiger partial charge in [-0.2, -0.15) is 0 Å². The van der Waals surface area contributed by atoms with Gasteiger partial charge >= 0.3 is 0 Å². The van der Waals surface area contributed by atoms with E-state index in [1.165, 1.54) is 7.11 Å². The van der Waals surface area contributed by atoms with Crippen molar-refractivity contribution in [3.63, 3.8) is 0 Å². The van der Waals surface area contributed by atoms with Crippen LogP contribution in [0, 0.1) is 5.92 Å². The number of methoxy groups -OCH3 is 2. The Hall–Kier alpha value is -4.25. The fourth-order valence-electron chi connectivity index (χ4n) is 6.62. The van der Waals surface area contributed by atoms with Crippen molar-refractivity contribution in [1.82, 2.24) is 20.9 Å². The van der Waals surface area contributed by atoms with Gasteiger partial charge in [0.05, 0.1) is 19.3 Å². The van der Waals surface area contributed by atoms with Crippen molar-refractivity contribution in [1.29, 1.82) is 0 Å². The predicted octanol–water partition coefficient (Wildman–Crippen LogP) is 3.65. The summed E-state index contributed by atoms with van der Waals surface area (Å²) in [6.07, 6.45) is 1.48. The molecule has 1 fully saturated rings. The van der Waals surface area contributed by atoms with Gasteiger partial charge in [-0.05, 0) is 60.4 Å². The van der Waals surface area contributed by atoms with Gasteiger partial charge in [-0.3, -0.25) is 14.4 Å². The molecule has 1 aliphatic rings. The first-order chi connectivity index (χ1) is 23.7. The van der Waals surface area contributed by atoms with Gasteiger partial charge in [0.2, 0.25) is 17.7 Å². The van der Waals surface area contributed by atoms with E-state index >= 15 is 0 Å². The number of nitrogens with one attached hydrogen (secondary N) is 3. The summed E-state index contributed by atoms with van der Waals surface area (Å²) in [5, 5.41) is 20.9. The summed E-state index contributed by atoms with van der Waals surface area (Å²) in [5.41, 5.74) is 1.89. The Labute approximate surface area is 290 Å². The lowest BCUT2D eigenvalue weighted by Gasteiger charge is -2.36. The first-order valence-electron chi connectivity index (χ1n) is 17.2. The van der Waals surface area contributed by atoms with Gasteiger partial charge in [0.25, 0.3) is 0 Å². The molecule has 1 aliphatic heterocycles. The van der Waals surface area contributed by atoms with Crippen LogP contribution in [-0.2, 0) is 38.5 Å². The number of hydrogen-bond donors (Lipinski definition) is 4. The normalized spacial score (nSPS) is 18.4. The third-order valence-corrected chi connectivity index (χ3v) is 9.62. The van der Waals surface area contributed by atoms with Crippen LogP contribution in [0.4, 0.5) is 0 Å². The predicted molar refractivity (Wildman–Crippen MR) is 190 cm³/mol. The molecular weight excluding hydrogens is 620 g/mol. The van der Waals surface area contributed by atoms with Crippen molar-refractivity contribution >= 4 is 17.7 Å². The van der Waals surface area contributed by atoms with Crippen molar-refractivity contribution in [2.45, 2.75) is 76.2 Å². The van der Waals surface area contributed by atoms with Crippen LogP contribution in [0.5, 0.6) is 5.75 Å². The molecule has 0 aliphatic carbocycles. The van der Waals surface area contributed by atoms with Crippen molar-refractivity contribution in [3.8, 4) is 5.75 Å². The van der Waals surface area contributed by atoms with Crippen LogP contribution in [0.1, 0.15) is 49.8 Å². The first-order valence-corrected chi connectivity index (χ1v) is 17.2. The van der Waals surface area contributed by atoms with Crippen LogP contribution in [0.2, 0.25) is 0 Å². The van der Waals surface area contributed by atoms with Crippen molar-refractivity contribution in [3.05, 3.63) is 102 Å². The summed E-state index contributed by atoms with van der Waals surface area (Å²) < 4.78 is 10.4. The molecule has 0 radical (unpaired) electrons. The molecule has 1 heterocycles. The number of aliphatic hydroxyl groups is 1. The smallest absolute Gasteiger partial charge is 0.249 e. The van der Waals surface area contributed by atoms with Gasteiger partial charge in [-0.25, -0.2) is 0 Å². The molecule has 0 aromatic heterocycles. The summed E-state index contributed by atoms with van der Waals surface area (Å²) in [5.74, 6) is -0.370. The molecule has 4 rings (SSSR count). The second-order valence-corrected chi connectivity index (χ2v) is 12.9. The Balaban J connectivity index is 1.57. The van der Waals surface area contributed by atoms with E-state index < -0.39 is 23.7 Å². The lowest BCUT2D eigenvalue weighted by molar-refractivity contribution is -0.145. The zero-order valence-corrected chi connectivity index (χ0v) is 29.2. The Morgan fingerprint density at radius 2 is 1.63 bits per heavy atom. The Kier molecular flexibility index (Phi) is 14.2. The minimum Gasteiger partial charge on any atom is -0.497 e. The summed E-state index contributed by atoms with van der Waals surface area (Å²) in [6, 6.07) is 25.8. The van der Waals surface area contributed by atoms with Gasteiger partial charge < -0.3 is 35.4 Å². The topological polar surface area (TPSA) is 129 Å². The minimum absolute atomic E-state index is 0.158. The average Bonchev–Trinajstić information content (AvgIpc) is 3.44. The molecule has 5 atom stereocenters. The fourth-order valence-corrected chi connectivity index (χ4v) is 6.62. The van der Waals surface area contributed by atoms with E-state index in [0.29, 0.717) is 45.2 Å². The largest absolute Gasteiger partial charge is 0.497 e. The molecule has 3 amide bonds. The van der Waals surface area contributed by atoms with Gasteiger partial charge in [0.1, 0.15) is 23.9 Å². The molecule has 0 spiro atoms. The summed E-state index contributed by atoms with van der Waals surface area (Å²) in [7, 11) is 3.06. The molecule has 4 N–H and O–H groups in total. The number of amides is 3. The van der Waals surface area contributed by atoms with E-state index in [0.717, 1.165) is 22.4 Å². The van der Waals surface area contributed by atoms with Crippen molar-refractivity contribution in [2.24, 2.45) is 5.92 Å². The average molecular weight is 673 g/mol. The van der Waals surface area contributed by atoms with E-state index in [-0.39, 0.29) is 36.8 Å². The number of aliphatic hydroxyl groups excluding tert-OH is 1. The van der Waals surface area contributed by atoms with E-state index in [2.05, 4.69) is 16.0 Å². The summed E-state index contributed by atoms with van der Waals surface area (Å²) in [4.78, 5) is 43.2. The molecule has 3 aromatic carbocycles. The first kappa shape index (κ1) is 37.6. The molecule has 0 saturated carbocycles. The highest BCUT2D eigenvalue weighted by atomic mass is 16.5. The van der Waals surface area contributed by atoms with Crippen LogP contribution >= 0.6 is 0 Å². The van der Waals surface area contributed by atoms with Crippen LogP contribution in [0.25, 0.3) is 0 Å². The second kappa shape index (κ2) is 18.5. The minimum atomic E-state index is -1.14. The van der Waals surface area contributed by atoms with Crippen LogP contribution in [0.3, 0.4) is 0 Å². The second-order valence-electron chi connectivity index (χ2n) is 12.9. The zero-order valence-electron chi connectivity index (χ0n) is 29.2. The van der Waals surface area contributed by atoms with Crippen LogP contribution < -0.4 is 20.7 Å². The molecular formula is C39H52N4O6. The van der Waals surface area contributed by atoms with Gasteiger partial charge in [0.15, 0.2) is 0 Å². The summed E-state index contributed by atoms with van der Waals surface area (Å²) >= 11 is 0. The monoisotopic (exact) mass is 672 g/mol. The number of aryl methyl sites for hydroxylation is 1. The number of ether oxygens (including phenoxy) is 2. The molecule has 264 valence electrons. The molecule has 3 aromatic rings. The molecule has 0 bridgehead atoms. The highest BCUT2D eigenvalue weighted by molar-refractivity contribution is 5.97. The van der Waals surface area contributed by atoms with Crippen LogP contribution in [-0.4, -0.2) is 85.4 Å². The molecule has 1 unspecified atom stereocenters. The highest BCUT2D eigenvalue weighted by Gasteiger charge is 2.53. The Bertz CT molecular complexity index is 1490. The third-order valence-electron chi connectivity index (χ3n) is 9.62.